The SMILES string of the molecule is N#Cc1ccc(/C=N\Nc2cn[nH]c(=O)c2Cl)cc1. The van der Waals surface area contributed by atoms with Crippen molar-refractivity contribution in [2.45, 2.75) is 0 Å². The molecular weight excluding hydrogens is 266 g/mol. The highest BCUT2D eigenvalue weighted by atomic mass is 35.5. The van der Waals surface area contributed by atoms with E-state index in [2.05, 4.69) is 20.7 Å². The number of aromatic amines is 1. The zero-order valence-electron chi connectivity index (χ0n) is 9.59. The van der Waals surface area contributed by atoms with Gasteiger partial charge >= 0.3 is 0 Å². The summed E-state index contributed by atoms with van der Waals surface area (Å²) >= 11 is 5.76. The molecule has 2 rings (SSSR count). The van der Waals surface area contributed by atoms with Crippen LogP contribution in [0, 0.1) is 11.3 Å². The maximum atomic E-state index is 11.2. The summed E-state index contributed by atoms with van der Waals surface area (Å²) in [5, 5.41) is 18.4. The minimum Gasteiger partial charge on any atom is -0.275 e. The molecule has 0 amide bonds. The van der Waals surface area contributed by atoms with Gasteiger partial charge in [-0.1, -0.05) is 23.7 Å². The number of hydrogen-bond donors (Lipinski definition) is 2. The molecule has 0 aliphatic carbocycles. The molecule has 1 heterocycles. The lowest BCUT2D eigenvalue weighted by Gasteiger charge is -2.00. The van der Waals surface area contributed by atoms with E-state index in [4.69, 9.17) is 16.9 Å². The molecular formula is C12H8ClN5O. The molecule has 6 nitrogen and oxygen atoms in total. The molecule has 0 unspecified atom stereocenters. The van der Waals surface area contributed by atoms with E-state index in [1.807, 2.05) is 6.07 Å². The van der Waals surface area contributed by atoms with Crippen molar-refractivity contribution < 1.29 is 0 Å². The summed E-state index contributed by atoms with van der Waals surface area (Å²) in [5.74, 6) is 0. The van der Waals surface area contributed by atoms with Gasteiger partial charge in [0.1, 0.15) is 10.7 Å². The van der Waals surface area contributed by atoms with Gasteiger partial charge in [-0.05, 0) is 17.7 Å². The molecule has 94 valence electrons. The number of nitrogens with one attached hydrogen (secondary N) is 2. The van der Waals surface area contributed by atoms with Crippen LogP contribution < -0.4 is 11.0 Å². The van der Waals surface area contributed by atoms with E-state index < -0.39 is 5.56 Å². The van der Waals surface area contributed by atoms with Crippen LogP contribution in [0.15, 0.2) is 40.4 Å². The lowest BCUT2D eigenvalue weighted by molar-refractivity contribution is 0.987. The van der Waals surface area contributed by atoms with Gasteiger partial charge in [0.05, 0.1) is 24.0 Å². The summed E-state index contributed by atoms with van der Waals surface area (Å²) in [6.07, 6.45) is 2.90. The van der Waals surface area contributed by atoms with E-state index >= 15 is 0 Å². The monoisotopic (exact) mass is 273 g/mol. The molecule has 19 heavy (non-hydrogen) atoms. The van der Waals surface area contributed by atoms with Crippen LogP contribution in [0.3, 0.4) is 0 Å². The molecule has 0 radical (unpaired) electrons. The van der Waals surface area contributed by atoms with Gasteiger partial charge in [0, 0.05) is 0 Å². The van der Waals surface area contributed by atoms with E-state index in [1.165, 1.54) is 6.20 Å². The molecule has 2 N–H and O–H groups in total. The van der Waals surface area contributed by atoms with Crippen LogP contribution in [0.25, 0.3) is 0 Å². The summed E-state index contributed by atoms with van der Waals surface area (Å²) in [4.78, 5) is 11.2. The van der Waals surface area contributed by atoms with Gasteiger partial charge in [-0.25, -0.2) is 5.10 Å². The minimum absolute atomic E-state index is 0.00743. The van der Waals surface area contributed by atoms with E-state index in [9.17, 15) is 4.79 Å². The van der Waals surface area contributed by atoms with E-state index in [-0.39, 0.29) is 5.02 Å². The number of hydrazone groups is 1. The van der Waals surface area contributed by atoms with Gasteiger partial charge in [-0.15, -0.1) is 0 Å². The number of hydrogen-bond acceptors (Lipinski definition) is 5. The highest BCUT2D eigenvalue weighted by molar-refractivity contribution is 6.32. The Morgan fingerprint density at radius 1 is 1.42 bits per heavy atom. The molecule has 2 aromatic rings. The topological polar surface area (TPSA) is 93.9 Å². The highest BCUT2D eigenvalue weighted by Crippen LogP contribution is 2.13. The lowest BCUT2D eigenvalue weighted by Crippen LogP contribution is -2.10. The number of halogens is 1. The van der Waals surface area contributed by atoms with Crippen molar-refractivity contribution in [3.05, 3.63) is 57.0 Å². The molecule has 1 aromatic heterocycles. The maximum Gasteiger partial charge on any atom is 0.285 e. The number of anilines is 1. The Kier molecular flexibility index (Phi) is 3.90. The largest absolute Gasteiger partial charge is 0.285 e. The Morgan fingerprint density at radius 2 is 2.16 bits per heavy atom. The number of H-pyrrole nitrogens is 1. The quantitative estimate of drug-likeness (QED) is 0.658. The Balaban J connectivity index is 2.09. The summed E-state index contributed by atoms with van der Waals surface area (Å²) in [5.41, 5.74) is 3.83. The molecule has 0 saturated heterocycles. The molecule has 0 aliphatic rings. The number of aromatic nitrogens is 2. The van der Waals surface area contributed by atoms with Crippen molar-refractivity contribution in [2.24, 2.45) is 5.10 Å². The third kappa shape index (κ3) is 3.18. The number of benzene rings is 1. The second-order valence-electron chi connectivity index (χ2n) is 3.53. The van der Waals surface area contributed by atoms with E-state index in [1.54, 1.807) is 30.5 Å². The number of rotatable bonds is 3. The van der Waals surface area contributed by atoms with Crippen molar-refractivity contribution >= 4 is 23.5 Å². The van der Waals surface area contributed by atoms with E-state index in [0.29, 0.717) is 11.3 Å². The second kappa shape index (κ2) is 5.80. The van der Waals surface area contributed by atoms with Gasteiger partial charge in [0.2, 0.25) is 0 Å². The first-order valence-electron chi connectivity index (χ1n) is 5.23. The van der Waals surface area contributed by atoms with Crippen molar-refractivity contribution in [1.29, 1.82) is 5.26 Å². The Morgan fingerprint density at radius 3 is 2.84 bits per heavy atom. The fraction of sp³-hybridized carbons (Fsp3) is 0. The Hall–Kier alpha value is -2.65. The maximum absolute atomic E-state index is 11.2. The van der Waals surface area contributed by atoms with Crippen LogP contribution in [-0.2, 0) is 0 Å². The lowest BCUT2D eigenvalue weighted by atomic mass is 10.2. The average molecular weight is 274 g/mol. The third-order valence-electron chi connectivity index (χ3n) is 2.23. The van der Waals surface area contributed by atoms with Gasteiger partial charge in [0.25, 0.3) is 5.56 Å². The van der Waals surface area contributed by atoms with Crippen molar-refractivity contribution in [3.8, 4) is 6.07 Å². The van der Waals surface area contributed by atoms with Gasteiger partial charge < -0.3 is 0 Å². The molecule has 0 saturated carbocycles. The van der Waals surface area contributed by atoms with Crippen molar-refractivity contribution in [2.75, 3.05) is 5.43 Å². The standard InChI is InChI=1S/C12H8ClN5O/c13-11-10(7-16-18-12(11)19)17-15-6-9-3-1-8(5-14)2-4-9/h1-4,6-7H,(H2,17,18,19)/b15-6-. The molecule has 0 fully saturated rings. The number of nitriles is 1. The van der Waals surface area contributed by atoms with Crippen LogP contribution >= 0.6 is 11.6 Å². The average Bonchev–Trinajstić information content (AvgIpc) is 2.44. The predicted molar refractivity (Wildman–Crippen MR) is 72.2 cm³/mol. The summed E-state index contributed by atoms with van der Waals surface area (Å²) < 4.78 is 0. The Labute approximate surface area is 113 Å². The fourth-order valence-corrected chi connectivity index (χ4v) is 1.41. The summed E-state index contributed by atoms with van der Waals surface area (Å²) in [6.45, 7) is 0. The number of nitrogens with zero attached hydrogens (tertiary/aromatic N) is 3. The van der Waals surface area contributed by atoms with Gasteiger partial charge in [0.15, 0.2) is 0 Å². The molecule has 0 aliphatic heterocycles. The minimum atomic E-state index is -0.486. The smallest absolute Gasteiger partial charge is 0.275 e. The molecule has 1 aromatic carbocycles. The van der Waals surface area contributed by atoms with Gasteiger partial charge in [-0.3, -0.25) is 10.2 Å². The normalized spacial score (nSPS) is 10.3. The fourth-order valence-electron chi connectivity index (χ4n) is 1.28. The zero-order valence-corrected chi connectivity index (χ0v) is 10.3. The molecule has 0 bridgehead atoms. The van der Waals surface area contributed by atoms with Gasteiger partial charge in [-0.2, -0.15) is 15.5 Å². The molecule has 0 atom stereocenters. The molecule has 0 spiro atoms. The second-order valence-corrected chi connectivity index (χ2v) is 3.91. The predicted octanol–water partition coefficient (Wildman–Crippen LogP) is 1.74. The van der Waals surface area contributed by atoms with Crippen LogP contribution in [0.1, 0.15) is 11.1 Å². The van der Waals surface area contributed by atoms with Crippen LogP contribution in [0.4, 0.5) is 5.69 Å². The first-order chi connectivity index (χ1) is 9.20. The van der Waals surface area contributed by atoms with Crippen molar-refractivity contribution in [3.63, 3.8) is 0 Å². The van der Waals surface area contributed by atoms with Crippen LogP contribution in [0.5, 0.6) is 0 Å². The Bertz CT molecular complexity index is 699. The van der Waals surface area contributed by atoms with E-state index in [0.717, 1.165) is 5.56 Å². The zero-order chi connectivity index (χ0) is 13.7. The van der Waals surface area contributed by atoms with Crippen LogP contribution in [0.2, 0.25) is 5.02 Å². The van der Waals surface area contributed by atoms with Crippen molar-refractivity contribution in [1.82, 2.24) is 10.2 Å². The highest BCUT2D eigenvalue weighted by Gasteiger charge is 2.02. The first-order valence-corrected chi connectivity index (χ1v) is 5.61. The molecule has 7 heteroatoms. The summed E-state index contributed by atoms with van der Waals surface area (Å²) in [7, 11) is 0. The summed E-state index contributed by atoms with van der Waals surface area (Å²) in [6, 6.07) is 8.90. The third-order valence-corrected chi connectivity index (χ3v) is 2.61. The first kappa shape index (κ1) is 12.8. The van der Waals surface area contributed by atoms with Crippen LogP contribution in [-0.4, -0.2) is 16.4 Å².